The molecular formula is C83H133N5. The van der Waals surface area contributed by atoms with Gasteiger partial charge in [-0.05, 0) is 225 Å². The van der Waals surface area contributed by atoms with Gasteiger partial charge in [-0.15, -0.1) is 0 Å². The zero-order valence-corrected chi connectivity index (χ0v) is 62.1. The molecule has 0 amide bonds. The maximum absolute atomic E-state index is 4.57. The number of hydrogen-bond donors (Lipinski definition) is 2. The smallest absolute Gasteiger partial charge is 0.177 e. The molecule has 5 heteroatoms. The average molecular weight is 1200 g/mol. The second-order valence-electron chi connectivity index (χ2n) is 37.5. The predicted molar refractivity (Wildman–Crippen MR) is 385 cm³/mol. The van der Waals surface area contributed by atoms with Crippen LogP contribution in [0.15, 0.2) is 79.0 Å². The molecule has 88 heavy (non-hydrogen) atoms. The number of aromatic nitrogens is 5. The topological polar surface area (TPSA) is 70.2 Å². The first kappa shape index (κ1) is 72.8. The molecule has 3 heterocycles. The highest BCUT2D eigenvalue weighted by Gasteiger charge is 2.55. The van der Waals surface area contributed by atoms with E-state index in [-0.39, 0.29) is 21.7 Å². The number of hydrogen-bond acceptors (Lipinski definition) is 3. The first-order chi connectivity index (χ1) is 40.2. The van der Waals surface area contributed by atoms with Gasteiger partial charge in [0.15, 0.2) is 5.65 Å². The van der Waals surface area contributed by atoms with E-state index in [4.69, 9.17) is 0 Å². The molecule has 0 unspecified atom stereocenters. The molecule has 0 atom stereocenters. The van der Waals surface area contributed by atoms with Crippen molar-refractivity contribution in [2.24, 2.45) is 55.7 Å². The Balaban J connectivity index is 0.000000164. The van der Waals surface area contributed by atoms with Crippen LogP contribution in [-0.4, -0.2) is 24.9 Å². The third kappa shape index (κ3) is 19.2. The first-order valence-electron chi connectivity index (χ1n) is 35.2. The minimum Gasteiger partial charge on any atom is -0.342 e. The van der Waals surface area contributed by atoms with Gasteiger partial charge in [0.05, 0.1) is 16.6 Å². The molecule has 0 spiro atoms. The molecular weight excluding hydrogens is 1070 g/mol. The number of H-pyrrole nitrogens is 2. The fourth-order valence-corrected chi connectivity index (χ4v) is 15.6. The van der Waals surface area contributed by atoms with E-state index in [0.29, 0.717) is 27.1 Å². The number of nitrogens with zero attached hydrogens (tertiary/aromatic N) is 3. The van der Waals surface area contributed by atoms with Gasteiger partial charge < -0.3 is 9.97 Å². The predicted octanol–water partition coefficient (Wildman–Crippen LogP) is 25.0. The lowest BCUT2D eigenvalue weighted by Crippen LogP contribution is -2.51. The van der Waals surface area contributed by atoms with Crippen LogP contribution in [0, 0.1) is 83.4 Å². The molecule has 8 aliphatic rings. The SMILES string of the molecule is CC(C)(C)C1(C)CCCCC1.CC(C)(C)C12CC3CC(CC(C3)C1)C2.CC12CCC(C(C)(C)C)(CC1)CC2.Cc1ccc(C(C)(C)C)cc1.Cc1ccc(C(C)(C)C)cc1.Cc1ccc2nc(C(C)(C)C)[nH]c2c1.Cc1cnc2nc(C(C)(C)C)[nH]c2c1. The van der Waals surface area contributed by atoms with Gasteiger partial charge in [0.2, 0.25) is 0 Å². The van der Waals surface area contributed by atoms with Crippen LogP contribution in [0.3, 0.4) is 0 Å². The van der Waals surface area contributed by atoms with Gasteiger partial charge in [0, 0.05) is 17.0 Å². The fraction of sp³-hybridized carbons (Fsp3) is 0.699. The maximum atomic E-state index is 4.57. The highest BCUT2D eigenvalue weighted by molar-refractivity contribution is 5.76. The molecule has 3 aromatic heterocycles. The average Bonchev–Trinajstić information content (AvgIpc) is 1.07. The molecule has 8 saturated carbocycles. The van der Waals surface area contributed by atoms with Crippen molar-refractivity contribution in [1.82, 2.24) is 24.9 Å². The minimum atomic E-state index is 0.0502. The van der Waals surface area contributed by atoms with Gasteiger partial charge in [0.1, 0.15) is 11.6 Å². The van der Waals surface area contributed by atoms with Crippen LogP contribution >= 0.6 is 0 Å². The van der Waals surface area contributed by atoms with Crippen molar-refractivity contribution in [2.75, 3.05) is 0 Å². The quantitative estimate of drug-likeness (QED) is 0.159. The van der Waals surface area contributed by atoms with Crippen molar-refractivity contribution in [3.8, 4) is 0 Å². The van der Waals surface area contributed by atoms with Crippen LogP contribution in [-0.2, 0) is 21.7 Å². The Morgan fingerprint density at radius 2 is 0.773 bits per heavy atom. The molecule has 6 bridgehead atoms. The third-order valence-electron chi connectivity index (χ3n) is 23.0. The molecule has 0 radical (unpaired) electrons. The van der Waals surface area contributed by atoms with E-state index in [9.17, 15) is 0 Å². The van der Waals surface area contributed by atoms with E-state index >= 15 is 0 Å². The van der Waals surface area contributed by atoms with Crippen molar-refractivity contribution in [2.45, 2.75) is 318 Å². The molecule has 5 nitrogen and oxygen atoms in total. The van der Waals surface area contributed by atoms with Crippen molar-refractivity contribution in [1.29, 1.82) is 0 Å². The Morgan fingerprint density at radius 1 is 0.386 bits per heavy atom. The van der Waals surface area contributed by atoms with E-state index in [1.54, 1.807) is 38.5 Å². The number of pyridine rings is 1. The number of aryl methyl sites for hydroxylation is 4. The zero-order valence-electron chi connectivity index (χ0n) is 62.1. The van der Waals surface area contributed by atoms with Gasteiger partial charge in [-0.3, -0.25) is 0 Å². The summed E-state index contributed by atoms with van der Waals surface area (Å²) in [6.07, 6.45) is 27.5. The lowest BCUT2D eigenvalue weighted by molar-refractivity contribution is -0.113. The van der Waals surface area contributed by atoms with Crippen LogP contribution in [0.2, 0.25) is 0 Å². The van der Waals surface area contributed by atoms with E-state index in [1.807, 2.05) is 13.1 Å². The number of imidazole rings is 2. The van der Waals surface area contributed by atoms with Crippen molar-refractivity contribution >= 4 is 22.2 Å². The lowest BCUT2D eigenvalue weighted by Gasteiger charge is -2.62. The normalized spacial score (nSPS) is 24.8. The second kappa shape index (κ2) is 27.5. The summed E-state index contributed by atoms with van der Waals surface area (Å²) in [5.41, 5.74) is 17.0. The van der Waals surface area contributed by atoms with Crippen molar-refractivity contribution < 1.29 is 0 Å². The van der Waals surface area contributed by atoms with E-state index in [0.717, 1.165) is 68.0 Å². The van der Waals surface area contributed by atoms with Crippen LogP contribution in [0.1, 0.15) is 313 Å². The van der Waals surface area contributed by atoms with Crippen LogP contribution in [0.5, 0.6) is 0 Å². The Kier molecular flexibility index (Phi) is 22.8. The summed E-state index contributed by atoms with van der Waals surface area (Å²) in [5.74, 6) is 5.38. The van der Waals surface area contributed by atoms with Crippen LogP contribution < -0.4 is 0 Å². The number of rotatable bonds is 0. The zero-order chi connectivity index (χ0) is 65.9. The largest absolute Gasteiger partial charge is 0.342 e. The molecule has 2 N–H and O–H groups in total. The third-order valence-corrected chi connectivity index (χ3v) is 23.0. The molecule has 0 aliphatic heterocycles. The number of nitrogens with one attached hydrogen (secondary N) is 2. The van der Waals surface area contributed by atoms with Gasteiger partial charge >= 0.3 is 0 Å². The summed E-state index contributed by atoms with van der Waals surface area (Å²) in [4.78, 5) is 20.0. The number of aromatic amines is 2. The Labute approximate surface area is 541 Å². The molecule has 14 rings (SSSR count). The number of benzene rings is 3. The highest BCUT2D eigenvalue weighted by Crippen LogP contribution is 2.66. The summed E-state index contributed by atoms with van der Waals surface area (Å²) >= 11 is 0. The highest BCUT2D eigenvalue weighted by atomic mass is 15.0. The Hall–Kier alpha value is -4.25. The summed E-state index contributed by atoms with van der Waals surface area (Å²) in [6, 6.07) is 25.9. The minimum absolute atomic E-state index is 0.0502. The summed E-state index contributed by atoms with van der Waals surface area (Å²) in [5, 5.41) is 0. The van der Waals surface area contributed by atoms with Crippen molar-refractivity contribution in [3.05, 3.63) is 124 Å². The van der Waals surface area contributed by atoms with E-state index in [2.05, 4.69) is 278 Å². The van der Waals surface area contributed by atoms with Gasteiger partial charge in [-0.25, -0.2) is 15.0 Å². The Morgan fingerprint density at radius 3 is 1.15 bits per heavy atom. The fourth-order valence-electron chi connectivity index (χ4n) is 15.6. The molecule has 0 saturated heterocycles. The van der Waals surface area contributed by atoms with Gasteiger partial charge in [-0.1, -0.05) is 244 Å². The van der Waals surface area contributed by atoms with Crippen LogP contribution in [0.4, 0.5) is 0 Å². The molecule has 8 fully saturated rings. The van der Waals surface area contributed by atoms with Crippen molar-refractivity contribution in [3.63, 3.8) is 0 Å². The maximum Gasteiger partial charge on any atom is 0.177 e. The summed E-state index contributed by atoms with van der Waals surface area (Å²) in [6.45, 7) is 61.6. The standard InChI is InChI=1S/C14H24.C13H24.C12H16N2.C11H15N3.2C11H16.C11H22/c1-13(2,3)14-7-10-4-11(8-14)6-12(5-10)9-14;1-11(2,3)13-8-5-12(4,6-9-13)7-10-13;1-8-5-6-9-10(7-8)14-11(13-9)12(2,3)4;1-7-5-8-9(12-6-7)14-10(13-8)11(2,3)4;2*1-9-5-7-10(8-6-9)11(2,3)4;1-10(2,3)11(4)8-6-5-7-9-11/h10-12H,4-9H2,1-3H3;5-10H2,1-4H3;5-7H,1-4H3,(H,13,14);5-6H,1-4H3,(H,12,13,14);2*5-8H,1-4H3;5-9H2,1-4H3. The van der Waals surface area contributed by atoms with Gasteiger partial charge in [-0.2, -0.15) is 0 Å². The first-order valence-corrected chi connectivity index (χ1v) is 35.2. The monoisotopic (exact) mass is 1200 g/mol. The Bertz CT molecular complexity index is 2910. The molecule has 490 valence electrons. The lowest BCUT2D eigenvalue weighted by atomic mass is 9.43. The number of fused-ring (bicyclic) bond motifs is 5. The van der Waals surface area contributed by atoms with E-state index in [1.165, 1.54) is 98.4 Å². The van der Waals surface area contributed by atoms with E-state index < -0.39 is 0 Å². The molecule has 8 aliphatic carbocycles. The summed E-state index contributed by atoms with van der Waals surface area (Å²) in [7, 11) is 0. The summed E-state index contributed by atoms with van der Waals surface area (Å²) < 4.78 is 0. The van der Waals surface area contributed by atoms with Crippen LogP contribution in [0.25, 0.3) is 22.2 Å². The second-order valence-corrected chi connectivity index (χ2v) is 37.5. The van der Waals surface area contributed by atoms with Gasteiger partial charge in [0.25, 0.3) is 0 Å². The molecule has 3 aromatic carbocycles. The molecule has 6 aromatic rings.